The van der Waals surface area contributed by atoms with Crippen molar-refractivity contribution in [1.82, 2.24) is 25.4 Å². The molecule has 31 heavy (non-hydrogen) atoms. The summed E-state index contributed by atoms with van der Waals surface area (Å²) in [5, 5.41) is 13.3. The third-order valence-electron chi connectivity index (χ3n) is 5.97. The fourth-order valence-corrected chi connectivity index (χ4v) is 4.33. The van der Waals surface area contributed by atoms with Gasteiger partial charge in [-0.2, -0.15) is 5.10 Å². The van der Waals surface area contributed by atoms with Gasteiger partial charge in [-0.25, -0.2) is 0 Å². The highest BCUT2D eigenvalue weighted by molar-refractivity contribution is 7.71. The number of aromatic nitrogens is 3. The van der Waals surface area contributed by atoms with Crippen LogP contribution in [0, 0.1) is 11.7 Å². The second-order valence-electron chi connectivity index (χ2n) is 8.42. The van der Waals surface area contributed by atoms with Gasteiger partial charge in [-0.1, -0.05) is 62.4 Å². The second kappa shape index (κ2) is 10.7. The van der Waals surface area contributed by atoms with E-state index in [-0.39, 0.29) is 18.2 Å². The average molecular weight is 444 g/mol. The molecule has 8 heteroatoms. The molecule has 0 radical (unpaired) electrons. The highest BCUT2D eigenvalue weighted by atomic mass is 32.1. The van der Waals surface area contributed by atoms with Crippen molar-refractivity contribution in [3.05, 3.63) is 34.6 Å². The van der Waals surface area contributed by atoms with Gasteiger partial charge in [0.1, 0.15) is 5.54 Å². The lowest BCUT2D eigenvalue weighted by molar-refractivity contribution is -0.135. The Morgan fingerprint density at radius 1 is 1.19 bits per heavy atom. The van der Waals surface area contributed by atoms with Crippen molar-refractivity contribution in [1.29, 1.82) is 0 Å². The van der Waals surface area contributed by atoms with Crippen molar-refractivity contribution in [2.45, 2.75) is 77.3 Å². The third kappa shape index (κ3) is 5.81. The van der Waals surface area contributed by atoms with Crippen molar-refractivity contribution in [2.24, 2.45) is 0 Å². The van der Waals surface area contributed by atoms with Crippen LogP contribution in [-0.4, -0.2) is 38.7 Å². The lowest BCUT2D eigenvalue weighted by Gasteiger charge is -2.36. The molecule has 168 valence electrons. The number of unbranched alkanes of at least 4 members (excludes halogenated alkanes) is 1. The molecule has 0 saturated heterocycles. The Morgan fingerprint density at radius 3 is 2.58 bits per heavy atom. The van der Waals surface area contributed by atoms with E-state index in [1.807, 2.05) is 35.8 Å². The van der Waals surface area contributed by atoms with Crippen LogP contribution in [0.2, 0.25) is 0 Å². The first-order valence-corrected chi connectivity index (χ1v) is 11.7. The summed E-state index contributed by atoms with van der Waals surface area (Å²) >= 11 is 5.38. The molecular formula is C23H33N5O2S. The second-order valence-corrected chi connectivity index (χ2v) is 8.81. The van der Waals surface area contributed by atoms with Gasteiger partial charge in [0.05, 0.1) is 0 Å². The number of benzene rings is 1. The van der Waals surface area contributed by atoms with E-state index in [1.54, 1.807) is 0 Å². The van der Waals surface area contributed by atoms with Crippen LogP contribution in [0.25, 0.3) is 11.4 Å². The summed E-state index contributed by atoms with van der Waals surface area (Å²) in [6.45, 7) is 5.18. The van der Waals surface area contributed by atoms with Crippen molar-refractivity contribution in [3.8, 4) is 11.4 Å². The number of carbonyl (C=O) groups is 2. The molecule has 0 bridgehead atoms. The zero-order valence-corrected chi connectivity index (χ0v) is 19.3. The molecule has 3 N–H and O–H groups in total. The van der Waals surface area contributed by atoms with Crippen molar-refractivity contribution < 1.29 is 9.59 Å². The van der Waals surface area contributed by atoms with Crippen LogP contribution in [0.3, 0.4) is 0 Å². The molecule has 1 aromatic carbocycles. The van der Waals surface area contributed by atoms with Crippen molar-refractivity contribution in [3.63, 3.8) is 0 Å². The van der Waals surface area contributed by atoms with Gasteiger partial charge in [0.25, 0.3) is 0 Å². The van der Waals surface area contributed by atoms with E-state index in [0.717, 1.165) is 37.7 Å². The molecule has 2 amide bonds. The zero-order chi connectivity index (χ0) is 22.3. The van der Waals surface area contributed by atoms with Gasteiger partial charge >= 0.3 is 0 Å². The van der Waals surface area contributed by atoms with Crippen molar-refractivity contribution >= 4 is 24.0 Å². The maximum atomic E-state index is 12.9. The Hall–Kier alpha value is -2.48. The number of hydrogen-bond acceptors (Lipinski definition) is 4. The Balaban J connectivity index is 1.67. The van der Waals surface area contributed by atoms with Gasteiger partial charge in [-0.3, -0.25) is 19.3 Å². The first kappa shape index (κ1) is 23.2. The Labute approximate surface area is 189 Å². The van der Waals surface area contributed by atoms with Gasteiger partial charge in [-0.05, 0) is 38.4 Å². The van der Waals surface area contributed by atoms with Crippen LogP contribution in [0.4, 0.5) is 0 Å². The molecule has 1 fully saturated rings. The molecule has 0 aliphatic heterocycles. The monoisotopic (exact) mass is 443 g/mol. The van der Waals surface area contributed by atoms with Gasteiger partial charge in [-0.15, -0.1) is 0 Å². The summed E-state index contributed by atoms with van der Waals surface area (Å²) in [7, 11) is 0. The molecule has 1 heterocycles. The first-order valence-electron chi connectivity index (χ1n) is 11.3. The van der Waals surface area contributed by atoms with Crippen LogP contribution in [0.15, 0.2) is 24.3 Å². The Bertz CT molecular complexity index is 942. The van der Waals surface area contributed by atoms with Crippen LogP contribution in [0.5, 0.6) is 0 Å². The molecule has 7 nitrogen and oxygen atoms in total. The van der Waals surface area contributed by atoms with Crippen LogP contribution < -0.4 is 10.6 Å². The standard InChI is InChI=1S/C23H33N5O2S/c1-3-4-15-24-21(30)23(13-6-5-7-14-23)25-19(29)12-16-28-20(26-27-22(28)31)18-10-8-17(2)9-11-18/h8-11H,3-7,12-16H2,1-2H3,(H,24,30)(H,25,29)(H,27,31). The summed E-state index contributed by atoms with van der Waals surface area (Å²) in [5.41, 5.74) is 1.32. The van der Waals surface area contributed by atoms with Crippen molar-refractivity contribution in [2.75, 3.05) is 6.54 Å². The van der Waals surface area contributed by atoms with E-state index < -0.39 is 5.54 Å². The lowest BCUT2D eigenvalue weighted by Crippen LogP contribution is -2.59. The van der Waals surface area contributed by atoms with Gasteiger partial charge in [0.15, 0.2) is 10.6 Å². The molecule has 0 spiro atoms. The fraction of sp³-hybridized carbons (Fsp3) is 0.565. The summed E-state index contributed by atoms with van der Waals surface area (Å²) in [4.78, 5) is 25.8. The van der Waals surface area contributed by atoms with Crippen LogP contribution >= 0.6 is 12.2 Å². The highest BCUT2D eigenvalue weighted by Crippen LogP contribution is 2.29. The minimum Gasteiger partial charge on any atom is -0.354 e. The molecule has 1 aromatic heterocycles. The number of carbonyl (C=O) groups excluding carboxylic acids is 2. The fourth-order valence-electron chi connectivity index (χ4n) is 4.10. The topological polar surface area (TPSA) is 91.8 Å². The Morgan fingerprint density at radius 2 is 1.90 bits per heavy atom. The van der Waals surface area contributed by atoms with E-state index in [9.17, 15) is 9.59 Å². The molecule has 0 atom stereocenters. The van der Waals surface area contributed by atoms with E-state index in [4.69, 9.17) is 12.2 Å². The summed E-state index contributed by atoms with van der Waals surface area (Å²) in [5.74, 6) is 0.530. The normalized spacial score (nSPS) is 15.4. The molecular weight excluding hydrogens is 410 g/mol. The van der Waals surface area contributed by atoms with Crippen LogP contribution in [-0.2, 0) is 16.1 Å². The first-order chi connectivity index (χ1) is 14.9. The number of amides is 2. The van der Waals surface area contributed by atoms with E-state index in [0.29, 0.717) is 36.5 Å². The zero-order valence-electron chi connectivity index (χ0n) is 18.5. The largest absolute Gasteiger partial charge is 0.354 e. The smallest absolute Gasteiger partial charge is 0.245 e. The molecule has 1 saturated carbocycles. The number of aryl methyl sites for hydroxylation is 1. The minimum absolute atomic E-state index is 0.0470. The molecule has 2 aromatic rings. The lowest BCUT2D eigenvalue weighted by atomic mass is 9.80. The predicted octanol–water partition coefficient (Wildman–Crippen LogP) is 4.04. The molecule has 1 aliphatic rings. The highest BCUT2D eigenvalue weighted by Gasteiger charge is 2.40. The quantitative estimate of drug-likeness (QED) is 0.403. The van der Waals surface area contributed by atoms with Gasteiger partial charge < -0.3 is 10.6 Å². The number of rotatable bonds is 9. The number of H-pyrrole nitrogens is 1. The van der Waals surface area contributed by atoms with E-state index in [1.165, 1.54) is 5.56 Å². The summed E-state index contributed by atoms with van der Waals surface area (Å²) in [6, 6.07) is 8.03. The van der Waals surface area contributed by atoms with Crippen LogP contribution in [0.1, 0.15) is 63.9 Å². The third-order valence-corrected chi connectivity index (χ3v) is 6.28. The molecule has 1 aliphatic carbocycles. The molecule has 0 unspecified atom stereocenters. The SMILES string of the molecule is CCCCNC(=O)C1(NC(=O)CCn2c(-c3ccc(C)cc3)n[nH]c2=S)CCCCC1. The summed E-state index contributed by atoms with van der Waals surface area (Å²) < 4.78 is 2.32. The predicted molar refractivity (Wildman–Crippen MR) is 124 cm³/mol. The molecule has 3 rings (SSSR count). The average Bonchev–Trinajstić information content (AvgIpc) is 3.14. The van der Waals surface area contributed by atoms with Gasteiger partial charge in [0.2, 0.25) is 11.8 Å². The minimum atomic E-state index is -0.791. The number of nitrogens with zero attached hydrogens (tertiary/aromatic N) is 2. The van der Waals surface area contributed by atoms with Gasteiger partial charge in [0, 0.05) is 25.1 Å². The van der Waals surface area contributed by atoms with E-state index in [2.05, 4.69) is 27.8 Å². The number of hydrogen-bond donors (Lipinski definition) is 3. The number of aromatic amines is 1. The maximum Gasteiger partial charge on any atom is 0.245 e. The maximum absolute atomic E-state index is 12.9. The Kier molecular flexibility index (Phi) is 8.01. The van der Waals surface area contributed by atoms with E-state index >= 15 is 0 Å². The summed E-state index contributed by atoms with van der Waals surface area (Å²) in [6.07, 6.45) is 6.58. The number of nitrogens with one attached hydrogen (secondary N) is 3.